The fourth-order valence-corrected chi connectivity index (χ4v) is 2.99. The number of carbonyl (C=O) groups is 1. The Morgan fingerprint density at radius 2 is 1.86 bits per heavy atom. The van der Waals surface area contributed by atoms with Crippen LogP contribution in [0.4, 0.5) is 11.4 Å². The summed E-state index contributed by atoms with van der Waals surface area (Å²) in [6.07, 6.45) is 0. The van der Waals surface area contributed by atoms with Crippen molar-refractivity contribution in [3.8, 4) is 17.1 Å². The molecule has 2 aromatic carbocycles. The van der Waals surface area contributed by atoms with E-state index in [1.807, 2.05) is 12.1 Å². The van der Waals surface area contributed by atoms with E-state index in [0.29, 0.717) is 22.8 Å². The van der Waals surface area contributed by atoms with Gasteiger partial charge in [0.1, 0.15) is 17.1 Å². The van der Waals surface area contributed by atoms with Gasteiger partial charge in [0.25, 0.3) is 5.91 Å². The summed E-state index contributed by atoms with van der Waals surface area (Å²) in [6, 6.07) is 15.6. The highest BCUT2D eigenvalue weighted by Gasteiger charge is 2.21. The molecule has 1 amide bonds. The molecule has 8 heteroatoms. The lowest BCUT2D eigenvalue weighted by molar-refractivity contribution is 0.102. The van der Waals surface area contributed by atoms with Gasteiger partial charge in [0.15, 0.2) is 0 Å². The molecule has 1 aromatic heterocycles. The van der Waals surface area contributed by atoms with Crippen LogP contribution in [0.2, 0.25) is 0 Å². The molecule has 7 nitrogen and oxygen atoms in total. The van der Waals surface area contributed by atoms with Crippen LogP contribution in [0.5, 0.6) is 5.75 Å². The number of hydrogen-bond acceptors (Lipinski definition) is 6. The monoisotopic (exact) mass is 458 g/mol. The second-order valence-corrected chi connectivity index (χ2v) is 6.91. The molecule has 0 aliphatic heterocycles. The molecule has 0 unspecified atom stereocenters. The molecule has 0 radical (unpaired) electrons. The van der Waals surface area contributed by atoms with E-state index in [4.69, 9.17) is 14.3 Å². The summed E-state index contributed by atoms with van der Waals surface area (Å²) in [5.74, 6) is 0.115. The van der Waals surface area contributed by atoms with Gasteiger partial charge in [-0.15, -0.1) is 0 Å². The fourth-order valence-electron chi connectivity index (χ4n) is 2.73. The van der Waals surface area contributed by atoms with Gasteiger partial charge in [-0.2, -0.15) is 0 Å². The fraction of sp³-hybridized carbons (Fsp3) is 0.143. The van der Waals surface area contributed by atoms with Crippen molar-refractivity contribution < 1.29 is 19.1 Å². The van der Waals surface area contributed by atoms with E-state index in [9.17, 15) is 9.59 Å². The van der Waals surface area contributed by atoms with Gasteiger partial charge >= 0.3 is 5.63 Å². The van der Waals surface area contributed by atoms with Crippen LogP contribution in [-0.2, 0) is 0 Å². The van der Waals surface area contributed by atoms with E-state index in [0.717, 1.165) is 4.47 Å². The Kier molecular flexibility index (Phi) is 6.69. The SMILES string of the molecule is COc1ccccc1NC(=O)c1c(NCCO)cc(-c2ccc(Br)cc2)oc1=O. The number of carbonyl (C=O) groups excluding carboxylic acids is 1. The lowest BCUT2D eigenvalue weighted by Crippen LogP contribution is -2.24. The summed E-state index contributed by atoms with van der Waals surface area (Å²) >= 11 is 3.36. The Balaban J connectivity index is 2.01. The molecule has 3 N–H and O–H groups in total. The third-order valence-electron chi connectivity index (χ3n) is 4.09. The average molecular weight is 459 g/mol. The van der Waals surface area contributed by atoms with Crippen molar-refractivity contribution in [1.29, 1.82) is 0 Å². The predicted molar refractivity (Wildman–Crippen MR) is 115 cm³/mol. The minimum absolute atomic E-state index is 0.165. The van der Waals surface area contributed by atoms with Crippen LogP contribution in [0.1, 0.15) is 10.4 Å². The van der Waals surface area contributed by atoms with Crippen LogP contribution in [0.25, 0.3) is 11.3 Å². The Bertz CT molecular complexity index is 1060. The Hall–Kier alpha value is -3.10. The summed E-state index contributed by atoms with van der Waals surface area (Å²) in [5, 5.41) is 14.7. The first-order valence-electron chi connectivity index (χ1n) is 8.76. The summed E-state index contributed by atoms with van der Waals surface area (Å²) in [4.78, 5) is 25.5. The van der Waals surface area contributed by atoms with Crippen molar-refractivity contribution in [2.75, 3.05) is 30.9 Å². The zero-order chi connectivity index (χ0) is 20.8. The van der Waals surface area contributed by atoms with E-state index in [2.05, 4.69) is 26.6 Å². The van der Waals surface area contributed by atoms with Gasteiger partial charge in [-0.1, -0.05) is 40.2 Å². The van der Waals surface area contributed by atoms with E-state index < -0.39 is 11.5 Å². The summed E-state index contributed by atoms with van der Waals surface area (Å²) in [7, 11) is 1.49. The number of rotatable bonds is 7. The van der Waals surface area contributed by atoms with Crippen LogP contribution in [-0.4, -0.2) is 31.3 Å². The smallest absolute Gasteiger partial charge is 0.351 e. The van der Waals surface area contributed by atoms with Crippen LogP contribution in [0.15, 0.2) is 68.3 Å². The third kappa shape index (κ3) is 4.85. The normalized spacial score (nSPS) is 10.4. The van der Waals surface area contributed by atoms with Crippen LogP contribution < -0.4 is 21.0 Å². The maximum Gasteiger partial charge on any atom is 0.351 e. The molecule has 3 aromatic rings. The average Bonchev–Trinajstić information content (AvgIpc) is 2.72. The third-order valence-corrected chi connectivity index (χ3v) is 4.62. The number of aliphatic hydroxyl groups is 1. The van der Waals surface area contributed by atoms with Crippen LogP contribution in [0.3, 0.4) is 0 Å². The van der Waals surface area contributed by atoms with Gasteiger partial charge in [0.2, 0.25) is 0 Å². The molecule has 0 spiro atoms. The Morgan fingerprint density at radius 1 is 1.14 bits per heavy atom. The molecule has 0 bridgehead atoms. The number of aliphatic hydroxyl groups excluding tert-OH is 1. The van der Waals surface area contributed by atoms with Crippen molar-refractivity contribution in [1.82, 2.24) is 0 Å². The Labute approximate surface area is 175 Å². The summed E-state index contributed by atoms with van der Waals surface area (Å²) in [6.45, 7) is -0.000416. The second-order valence-electron chi connectivity index (χ2n) is 6.00. The first-order valence-corrected chi connectivity index (χ1v) is 9.56. The first-order chi connectivity index (χ1) is 14.0. The lowest BCUT2D eigenvalue weighted by atomic mass is 10.1. The molecular weight excluding hydrogens is 440 g/mol. The molecule has 0 atom stereocenters. The topological polar surface area (TPSA) is 101 Å². The summed E-state index contributed by atoms with van der Waals surface area (Å²) < 4.78 is 11.5. The van der Waals surface area contributed by atoms with Gasteiger partial charge < -0.3 is 24.9 Å². The van der Waals surface area contributed by atoms with E-state index in [1.54, 1.807) is 42.5 Å². The molecule has 1 heterocycles. The molecular formula is C21H19BrN2O5. The number of nitrogens with one attached hydrogen (secondary N) is 2. The number of hydrogen-bond donors (Lipinski definition) is 3. The van der Waals surface area contributed by atoms with Gasteiger partial charge in [-0.05, 0) is 24.3 Å². The number of para-hydroxylation sites is 2. The van der Waals surface area contributed by atoms with Crippen molar-refractivity contribution in [3.63, 3.8) is 0 Å². The van der Waals surface area contributed by atoms with E-state index in [1.165, 1.54) is 7.11 Å². The van der Waals surface area contributed by atoms with Gasteiger partial charge in [-0.25, -0.2) is 4.79 Å². The number of methoxy groups -OCH3 is 1. The van der Waals surface area contributed by atoms with Gasteiger partial charge in [0, 0.05) is 22.6 Å². The van der Waals surface area contributed by atoms with Crippen molar-refractivity contribution in [2.24, 2.45) is 0 Å². The second kappa shape index (κ2) is 9.40. The maximum atomic E-state index is 12.8. The maximum absolute atomic E-state index is 12.8. The largest absolute Gasteiger partial charge is 0.495 e. The number of halogens is 1. The van der Waals surface area contributed by atoms with Crippen molar-refractivity contribution in [2.45, 2.75) is 0 Å². The van der Waals surface area contributed by atoms with Gasteiger partial charge in [-0.3, -0.25) is 4.79 Å². The van der Waals surface area contributed by atoms with Crippen molar-refractivity contribution >= 4 is 33.2 Å². The zero-order valence-corrected chi connectivity index (χ0v) is 17.2. The van der Waals surface area contributed by atoms with Crippen LogP contribution in [0, 0.1) is 0 Å². The molecule has 3 rings (SSSR count). The number of anilines is 2. The lowest BCUT2D eigenvalue weighted by Gasteiger charge is -2.13. The summed E-state index contributed by atoms with van der Waals surface area (Å²) in [5.41, 5.74) is 0.377. The molecule has 29 heavy (non-hydrogen) atoms. The minimum Gasteiger partial charge on any atom is -0.495 e. The first kappa shape index (κ1) is 20.6. The molecule has 0 saturated heterocycles. The number of ether oxygens (including phenoxy) is 1. The number of benzene rings is 2. The highest BCUT2D eigenvalue weighted by molar-refractivity contribution is 9.10. The zero-order valence-electron chi connectivity index (χ0n) is 15.6. The number of amides is 1. The molecule has 0 fully saturated rings. The molecule has 150 valence electrons. The van der Waals surface area contributed by atoms with Crippen molar-refractivity contribution in [3.05, 3.63) is 75.1 Å². The van der Waals surface area contributed by atoms with E-state index in [-0.39, 0.29) is 24.4 Å². The standard InChI is InChI=1S/C21H19BrN2O5/c1-28-17-5-3-2-4-15(17)24-20(26)19-16(23-10-11-25)12-18(29-21(19)27)13-6-8-14(22)9-7-13/h2-9,12,23,25H,10-11H2,1H3,(H,24,26). The minimum atomic E-state index is -0.793. The highest BCUT2D eigenvalue weighted by Crippen LogP contribution is 2.27. The highest BCUT2D eigenvalue weighted by atomic mass is 79.9. The quantitative estimate of drug-likeness (QED) is 0.498. The molecule has 0 aliphatic carbocycles. The predicted octanol–water partition coefficient (Wildman–Crippen LogP) is 3.73. The molecule has 0 saturated carbocycles. The Morgan fingerprint density at radius 3 is 2.55 bits per heavy atom. The van der Waals surface area contributed by atoms with Crippen LogP contribution >= 0.6 is 15.9 Å². The van der Waals surface area contributed by atoms with E-state index >= 15 is 0 Å². The molecule has 0 aliphatic rings. The van der Waals surface area contributed by atoms with Gasteiger partial charge in [0.05, 0.1) is 25.1 Å².